The number of carbonyl (C=O) groups is 1. The molecule has 5 nitrogen and oxygen atoms in total. The number of nitrogens with zero attached hydrogens (tertiary/aromatic N) is 2. The lowest BCUT2D eigenvalue weighted by molar-refractivity contribution is -0.121. The minimum atomic E-state index is 0.120. The fraction of sp³-hybridized carbons (Fsp3) is 0.600. The molecule has 0 saturated heterocycles. The molecule has 3 N–H and O–H groups in total. The van der Waals surface area contributed by atoms with E-state index in [0.717, 1.165) is 43.6 Å². The molecule has 1 amide bonds. The van der Waals surface area contributed by atoms with Crippen molar-refractivity contribution in [3.05, 3.63) is 36.1 Å². The number of nitrogens with one attached hydrogen (secondary N) is 1. The standard InChI is InChI=1S/C20H32N4O/c1-3-4-5-6-7-11-18-15-19(24(23-18)13-12-21)22-20(25)17-10-8-9-16(2)14-17/h3-4,6-7,15-17H,5,8-14,21H2,1-2H3,(H,22,25)/b4-3-,7-6-. The molecule has 1 saturated carbocycles. The van der Waals surface area contributed by atoms with Gasteiger partial charge in [0, 0.05) is 24.9 Å². The van der Waals surface area contributed by atoms with Crippen LogP contribution >= 0.6 is 0 Å². The smallest absolute Gasteiger partial charge is 0.228 e. The van der Waals surface area contributed by atoms with Crippen LogP contribution < -0.4 is 11.1 Å². The van der Waals surface area contributed by atoms with Gasteiger partial charge in [0.2, 0.25) is 5.91 Å². The summed E-state index contributed by atoms with van der Waals surface area (Å²) in [6.07, 6.45) is 14.4. The minimum absolute atomic E-state index is 0.120. The molecule has 2 rings (SSSR count). The highest BCUT2D eigenvalue weighted by Crippen LogP contribution is 2.29. The lowest BCUT2D eigenvalue weighted by Gasteiger charge is -2.25. The first-order valence-electron chi connectivity index (χ1n) is 9.47. The number of hydrogen-bond acceptors (Lipinski definition) is 3. The van der Waals surface area contributed by atoms with Crippen molar-refractivity contribution in [2.75, 3.05) is 11.9 Å². The van der Waals surface area contributed by atoms with Crippen LogP contribution in [0.4, 0.5) is 5.82 Å². The predicted octanol–water partition coefficient (Wildman–Crippen LogP) is 3.67. The Morgan fingerprint density at radius 2 is 2.24 bits per heavy atom. The molecule has 1 aromatic rings. The number of hydrogen-bond donors (Lipinski definition) is 2. The SMILES string of the molecule is C/C=C\C/C=C\Cc1cc(NC(=O)C2CCCC(C)C2)n(CCN)n1. The number of carbonyl (C=O) groups excluding carboxylic acids is 1. The molecule has 1 aliphatic rings. The minimum Gasteiger partial charge on any atom is -0.329 e. The zero-order valence-electron chi connectivity index (χ0n) is 15.6. The van der Waals surface area contributed by atoms with Gasteiger partial charge < -0.3 is 11.1 Å². The van der Waals surface area contributed by atoms with Gasteiger partial charge in [0.05, 0.1) is 12.2 Å². The average Bonchev–Trinajstić information content (AvgIpc) is 2.96. The molecule has 25 heavy (non-hydrogen) atoms. The quantitative estimate of drug-likeness (QED) is 0.707. The molecule has 5 heteroatoms. The van der Waals surface area contributed by atoms with Crippen LogP contribution in [0, 0.1) is 11.8 Å². The second-order valence-electron chi connectivity index (χ2n) is 6.97. The molecule has 1 aromatic heterocycles. The van der Waals surface area contributed by atoms with Crippen LogP contribution in [0.5, 0.6) is 0 Å². The Balaban J connectivity index is 2.00. The van der Waals surface area contributed by atoms with E-state index in [0.29, 0.717) is 19.0 Å². The molecule has 138 valence electrons. The second-order valence-corrected chi connectivity index (χ2v) is 6.97. The van der Waals surface area contributed by atoms with Gasteiger partial charge in [-0.2, -0.15) is 5.10 Å². The summed E-state index contributed by atoms with van der Waals surface area (Å²) in [5.74, 6) is 1.65. The fourth-order valence-electron chi connectivity index (χ4n) is 3.38. The molecule has 1 aliphatic carbocycles. The van der Waals surface area contributed by atoms with Gasteiger partial charge in [-0.05, 0) is 32.1 Å². The first-order chi connectivity index (χ1) is 12.1. The molecule has 0 aromatic carbocycles. The summed E-state index contributed by atoms with van der Waals surface area (Å²) in [6.45, 7) is 5.36. The molecular formula is C20H32N4O. The maximum atomic E-state index is 12.6. The third-order valence-electron chi connectivity index (χ3n) is 4.73. The van der Waals surface area contributed by atoms with Crippen LogP contribution in [-0.2, 0) is 17.8 Å². The van der Waals surface area contributed by atoms with E-state index in [9.17, 15) is 4.79 Å². The zero-order valence-corrected chi connectivity index (χ0v) is 15.6. The van der Waals surface area contributed by atoms with Gasteiger partial charge >= 0.3 is 0 Å². The molecule has 1 heterocycles. The number of nitrogens with two attached hydrogens (primary N) is 1. The molecule has 1 fully saturated rings. The van der Waals surface area contributed by atoms with Gasteiger partial charge in [0.25, 0.3) is 0 Å². The van der Waals surface area contributed by atoms with E-state index in [4.69, 9.17) is 5.73 Å². The van der Waals surface area contributed by atoms with Crippen LogP contribution in [0.1, 0.15) is 51.6 Å². The fourth-order valence-corrected chi connectivity index (χ4v) is 3.38. The van der Waals surface area contributed by atoms with Crippen molar-refractivity contribution in [3.8, 4) is 0 Å². The number of anilines is 1. The maximum Gasteiger partial charge on any atom is 0.228 e. The van der Waals surface area contributed by atoms with Crippen molar-refractivity contribution in [3.63, 3.8) is 0 Å². The third kappa shape index (κ3) is 6.16. The molecule has 0 aliphatic heterocycles. The molecule has 0 bridgehead atoms. The van der Waals surface area contributed by atoms with Crippen LogP contribution in [0.25, 0.3) is 0 Å². The van der Waals surface area contributed by atoms with Crippen molar-refractivity contribution < 1.29 is 4.79 Å². The first kappa shape index (κ1) is 19.4. The second kappa shape index (κ2) is 10.2. The monoisotopic (exact) mass is 344 g/mol. The van der Waals surface area contributed by atoms with Gasteiger partial charge in [-0.15, -0.1) is 0 Å². The Morgan fingerprint density at radius 1 is 1.40 bits per heavy atom. The van der Waals surface area contributed by atoms with E-state index < -0.39 is 0 Å². The summed E-state index contributed by atoms with van der Waals surface area (Å²) >= 11 is 0. The lowest BCUT2D eigenvalue weighted by atomic mass is 9.82. The van der Waals surface area contributed by atoms with Gasteiger partial charge in [0.15, 0.2) is 0 Å². The summed E-state index contributed by atoms with van der Waals surface area (Å²) in [5, 5.41) is 7.67. The van der Waals surface area contributed by atoms with Crippen LogP contribution in [0.3, 0.4) is 0 Å². The van der Waals surface area contributed by atoms with Crippen molar-refractivity contribution >= 4 is 11.7 Å². The average molecular weight is 345 g/mol. The van der Waals surface area contributed by atoms with Crippen LogP contribution in [0.15, 0.2) is 30.4 Å². The van der Waals surface area contributed by atoms with E-state index in [2.05, 4.69) is 35.6 Å². The Morgan fingerprint density at radius 3 is 2.96 bits per heavy atom. The van der Waals surface area contributed by atoms with E-state index in [1.54, 1.807) is 0 Å². The highest BCUT2D eigenvalue weighted by Gasteiger charge is 2.25. The summed E-state index contributed by atoms with van der Waals surface area (Å²) in [6, 6.07) is 1.97. The predicted molar refractivity (Wildman–Crippen MR) is 103 cm³/mol. The van der Waals surface area contributed by atoms with Crippen molar-refractivity contribution in [1.82, 2.24) is 9.78 Å². The van der Waals surface area contributed by atoms with Crippen LogP contribution in [-0.4, -0.2) is 22.2 Å². The Hall–Kier alpha value is -1.88. The maximum absolute atomic E-state index is 12.6. The van der Waals surface area contributed by atoms with Gasteiger partial charge in [-0.25, -0.2) is 4.68 Å². The highest BCUT2D eigenvalue weighted by atomic mass is 16.2. The molecular weight excluding hydrogens is 312 g/mol. The van der Waals surface area contributed by atoms with E-state index in [1.165, 1.54) is 6.42 Å². The number of amides is 1. The van der Waals surface area contributed by atoms with Gasteiger partial charge in [0.1, 0.15) is 5.82 Å². The van der Waals surface area contributed by atoms with Crippen LogP contribution in [0.2, 0.25) is 0 Å². The third-order valence-corrected chi connectivity index (χ3v) is 4.73. The highest BCUT2D eigenvalue weighted by molar-refractivity contribution is 5.91. The van der Waals surface area contributed by atoms with Gasteiger partial charge in [-0.1, -0.05) is 44.1 Å². The van der Waals surface area contributed by atoms with Gasteiger partial charge in [-0.3, -0.25) is 4.79 Å². The topological polar surface area (TPSA) is 72.9 Å². The Bertz CT molecular complexity index is 603. The van der Waals surface area contributed by atoms with E-state index in [1.807, 2.05) is 23.7 Å². The number of allylic oxidation sites excluding steroid dienone is 4. The molecule has 0 spiro atoms. The zero-order chi connectivity index (χ0) is 18.1. The Kier molecular flexibility index (Phi) is 7.92. The first-order valence-corrected chi connectivity index (χ1v) is 9.47. The molecule has 2 atom stereocenters. The lowest BCUT2D eigenvalue weighted by Crippen LogP contribution is -2.28. The summed E-state index contributed by atoms with van der Waals surface area (Å²) in [5.41, 5.74) is 6.65. The number of rotatable bonds is 8. The van der Waals surface area contributed by atoms with Crippen molar-refractivity contribution in [2.24, 2.45) is 17.6 Å². The molecule has 0 radical (unpaired) electrons. The normalized spacial score (nSPS) is 21.2. The van der Waals surface area contributed by atoms with E-state index in [-0.39, 0.29) is 11.8 Å². The summed E-state index contributed by atoms with van der Waals surface area (Å²) < 4.78 is 1.82. The van der Waals surface area contributed by atoms with E-state index >= 15 is 0 Å². The van der Waals surface area contributed by atoms with Crippen molar-refractivity contribution in [2.45, 2.75) is 58.9 Å². The summed E-state index contributed by atoms with van der Waals surface area (Å²) in [7, 11) is 0. The molecule has 2 unspecified atom stereocenters. The summed E-state index contributed by atoms with van der Waals surface area (Å²) in [4.78, 5) is 12.6. The largest absolute Gasteiger partial charge is 0.329 e. The number of aromatic nitrogens is 2. The van der Waals surface area contributed by atoms with Crippen molar-refractivity contribution in [1.29, 1.82) is 0 Å². The Labute approximate surface area is 151 Å².